The van der Waals surface area contributed by atoms with Crippen molar-refractivity contribution in [1.29, 1.82) is 0 Å². The lowest BCUT2D eigenvalue weighted by atomic mass is 9.82. The first-order valence-corrected chi connectivity index (χ1v) is 9.31. The molecular formula is C18H34N2. The maximum absolute atomic E-state index is 2.94. The third-order valence-electron chi connectivity index (χ3n) is 6.29. The van der Waals surface area contributed by atoms with Crippen LogP contribution in [0.25, 0.3) is 0 Å². The molecule has 2 atom stereocenters. The first-order valence-electron chi connectivity index (χ1n) is 9.31. The van der Waals surface area contributed by atoms with Gasteiger partial charge in [0.1, 0.15) is 0 Å². The molecule has 3 rings (SSSR count). The summed E-state index contributed by atoms with van der Waals surface area (Å²) in [5.74, 6) is 1.05. The minimum Gasteiger partial charge on any atom is -0.298 e. The van der Waals surface area contributed by atoms with Gasteiger partial charge in [-0.3, -0.25) is 9.80 Å². The van der Waals surface area contributed by atoms with Crippen LogP contribution in [-0.4, -0.2) is 47.6 Å². The summed E-state index contributed by atoms with van der Waals surface area (Å²) in [6.45, 7) is 8.85. The van der Waals surface area contributed by atoms with Gasteiger partial charge in [0.2, 0.25) is 0 Å². The molecule has 2 nitrogen and oxygen atoms in total. The average Bonchev–Trinajstić information content (AvgIpc) is 2.94. The van der Waals surface area contributed by atoms with E-state index in [2.05, 4.69) is 23.6 Å². The van der Waals surface area contributed by atoms with Gasteiger partial charge in [0.25, 0.3) is 0 Å². The summed E-state index contributed by atoms with van der Waals surface area (Å²) in [4.78, 5) is 5.72. The molecule has 0 spiro atoms. The molecule has 116 valence electrons. The Balaban J connectivity index is 1.57. The molecule has 3 fully saturated rings. The second-order valence-electron chi connectivity index (χ2n) is 7.51. The normalized spacial score (nSPS) is 39.9. The average molecular weight is 278 g/mol. The van der Waals surface area contributed by atoms with E-state index in [0.29, 0.717) is 0 Å². The van der Waals surface area contributed by atoms with Crippen molar-refractivity contribution >= 4 is 0 Å². The molecule has 2 heterocycles. The SMILES string of the molecule is CCCC1CCC(N2CC3CCCN3CC2CC)CC1. The van der Waals surface area contributed by atoms with E-state index in [4.69, 9.17) is 0 Å². The van der Waals surface area contributed by atoms with E-state index in [1.54, 1.807) is 0 Å². The van der Waals surface area contributed by atoms with Crippen LogP contribution in [0.3, 0.4) is 0 Å². The van der Waals surface area contributed by atoms with Crippen molar-refractivity contribution in [2.75, 3.05) is 19.6 Å². The maximum Gasteiger partial charge on any atom is 0.0224 e. The quantitative estimate of drug-likeness (QED) is 0.769. The van der Waals surface area contributed by atoms with Gasteiger partial charge < -0.3 is 0 Å². The summed E-state index contributed by atoms with van der Waals surface area (Å²) in [5.41, 5.74) is 0. The summed E-state index contributed by atoms with van der Waals surface area (Å²) >= 11 is 0. The van der Waals surface area contributed by atoms with Gasteiger partial charge in [-0.05, 0) is 57.4 Å². The molecule has 0 bridgehead atoms. The van der Waals surface area contributed by atoms with Crippen LogP contribution in [0.2, 0.25) is 0 Å². The molecule has 0 aromatic carbocycles. The Kier molecular flexibility index (Phi) is 5.04. The monoisotopic (exact) mass is 278 g/mol. The van der Waals surface area contributed by atoms with Crippen molar-refractivity contribution in [2.45, 2.75) is 89.8 Å². The highest BCUT2D eigenvalue weighted by atomic mass is 15.3. The summed E-state index contributed by atoms with van der Waals surface area (Å²) < 4.78 is 0. The Hall–Kier alpha value is -0.0800. The zero-order valence-electron chi connectivity index (χ0n) is 13.7. The van der Waals surface area contributed by atoms with Crippen LogP contribution >= 0.6 is 0 Å². The molecule has 2 aliphatic heterocycles. The Labute approximate surface area is 125 Å². The smallest absolute Gasteiger partial charge is 0.0224 e. The lowest BCUT2D eigenvalue weighted by molar-refractivity contribution is 0.00197. The van der Waals surface area contributed by atoms with Crippen LogP contribution in [0.15, 0.2) is 0 Å². The van der Waals surface area contributed by atoms with E-state index in [9.17, 15) is 0 Å². The maximum atomic E-state index is 2.94. The molecule has 0 aromatic rings. The first kappa shape index (κ1) is 14.8. The number of hydrogen-bond donors (Lipinski definition) is 0. The van der Waals surface area contributed by atoms with E-state index in [0.717, 1.165) is 24.0 Å². The topological polar surface area (TPSA) is 6.48 Å². The van der Waals surface area contributed by atoms with Crippen LogP contribution in [0.5, 0.6) is 0 Å². The molecule has 3 aliphatic rings. The van der Waals surface area contributed by atoms with Gasteiger partial charge in [-0.1, -0.05) is 26.7 Å². The summed E-state index contributed by atoms with van der Waals surface area (Å²) in [6, 6.07) is 2.65. The molecule has 2 unspecified atom stereocenters. The highest BCUT2D eigenvalue weighted by Crippen LogP contribution is 2.35. The molecule has 1 saturated carbocycles. The number of hydrogen-bond acceptors (Lipinski definition) is 2. The minimum absolute atomic E-state index is 0.845. The van der Waals surface area contributed by atoms with Crippen LogP contribution in [-0.2, 0) is 0 Å². The highest BCUT2D eigenvalue weighted by Gasteiger charge is 2.39. The molecule has 0 radical (unpaired) electrons. The van der Waals surface area contributed by atoms with Crippen molar-refractivity contribution in [1.82, 2.24) is 9.80 Å². The third kappa shape index (κ3) is 3.06. The fourth-order valence-electron chi connectivity index (χ4n) is 5.09. The fraction of sp³-hybridized carbons (Fsp3) is 1.00. The lowest BCUT2D eigenvalue weighted by Crippen LogP contribution is -2.59. The largest absolute Gasteiger partial charge is 0.298 e. The van der Waals surface area contributed by atoms with Crippen LogP contribution in [0, 0.1) is 5.92 Å². The van der Waals surface area contributed by atoms with E-state index in [-0.39, 0.29) is 0 Å². The number of rotatable bonds is 4. The van der Waals surface area contributed by atoms with Crippen molar-refractivity contribution in [3.8, 4) is 0 Å². The van der Waals surface area contributed by atoms with Crippen molar-refractivity contribution < 1.29 is 0 Å². The standard InChI is InChI=1S/C18H34N2/c1-3-6-15-8-10-17(11-9-15)20-14-18-7-5-12-19(18)13-16(20)4-2/h15-18H,3-14H2,1-2H3. The molecule has 2 heteroatoms. The number of piperazine rings is 1. The number of fused-ring (bicyclic) bond motifs is 1. The van der Waals surface area contributed by atoms with Gasteiger partial charge in [-0.25, -0.2) is 0 Å². The highest BCUT2D eigenvalue weighted by molar-refractivity contribution is 4.95. The second-order valence-corrected chi connectivity index (χ2v) is 7.51. The van der Waals surface area contributed by atoms with E-state index in [1.807, 2.05) is 0 Å². The summed E-state index contributed by atoms with van der Waals surface area (Å²) in [5, 5.41) is 0. The molecular weight excluding hydrogens is 244 g/mol. The zero-order chi connectivity index (χ0) is 13.9. The molecule has 20 heavy (non-hydrogen) atoms. The van der Waals surface area contributed by atoms with E-state index >= 15 is 0 Å². The lowest BCUT2D eigenvalue weighted by Gasteiger charge is -2.48. The summed E-state index contributed by atoms with van der Waals surface area (Å²) in [7, 11) is 0. The van der Waals surface area contributed by atoms with Gasteiger partial charge in [-0.2, -0.15) is 0 Å². The zero-order valence-corrected chi connectivity index (χ0v) is 13.7. The summed E-state index contributed by atoms with van der Waals surface area (Å²) in [6.07, 6.45) is 13.1. The molecule has 1 aliphatic carbocycles. The van der Waals surface area contributed by atoms with Crippen molar-refractivity contribution in [3.05, 3.63) is 0 Å². The third-order valence-corrected chi connectivity index (χ3v) is 6.29. The Morgan fingerprint density at radius 3 is 2.40 bits per heavy atom. The minimum atomic E-state index is 0.845. The van der Waals surface area contributed by atoms with E-state index < -0.39 is 0 Å². The fourth-order valence-corrected chi connectivity index (χ4v) is 5.09. The van der Waals surface area contributed by atoms with Gasteiger partial charge in [0.05, 0.1) is 0 Å². The Morgan fingerprint density at radius 1 is 0.900 bits per heavy atom. The predicted octanol–water partition coefficient (Wildman–Crippen LogP) is 3.90. The van der Waals surface area contributed by atoms with Crippen LogP contribution in [0.1, 0.15) is 71.6 Å². The molecule has 0 amide bonds. The van der Waals surface area contributed by atoms with Crippen LogP contribution < -0.4 is 0 Å². The first-order chi connectivity index (χ1) is 9.81. The molecule has 2 saturated heterocycles. The molecule has 0 aromatic heterocycles. The molecule has 0 N–H and O–H groups in total. The van der Waals surface area contributed by atoms with Gasteiger partial charge in [-0.15, -0.1) is 0 Å². The Bertz CT molecular complexity index is 296. The predicted molar refractivity (Wildman–Crippen MR) is 86.0 cm³/mol. The van der Waals surface area contributed by atoms with Gasteiger partial charge in [0.15, 0.2) is 0 Å². The van der Waals surface area contributed by atoms with E-state index in [1.165, 1.54) is 77.4 Å². The second kappa shape index (κ2) is 6.79. The Morgan fingerprint density at radius 2 is 1.70 bits per heavy atom. The number of nitrogens with zero attached hydrogens (tertiary/aromatic N) is 2. The van der Waals surface area contributed by atoms with Crippen molar-refractivity contribution in [3.63, 3.8) is 0 Å². The van der Waals surface area contributed by atoms with Crippen LogP contribution in [0.4, 0.5) is 0 Å². The van der Waals surface area contributed by atoms with Crippen molar-refractivity contribution in [2.24, 2.45) is 5.92 Å². The van der Waals surface area contributed by atoms with Gasteiger partial charge >= 0.3 is 0 Å². The van der Waals surface area contributed by atoms with Gasteiger partial charge in [0, 0.05) is 31.2 Å².